The molecule has 2 aromatic carbocycles. The van der Waals surface area contributed by atoms with Gasteiger partial charge in [-0.25, -0.2) is 13.1 Å². The molecule has 0 aliphatic rings. The highest BCUT2D eigenvalue weighted by molar-refractivity contribution is 7.89. The van der Waals surface area contributed by atoms with Crippen molar-refractivity contribution in [2.45, 2.75) is 31.7 Å². The van der Waals surface area contributed by atoms with Crippen molar-refractivity contribution in [2.24, 2.45) is 0 Å². The first kappa shape index (κ1) is 15.5. The maximum absolute atomic E-state index is 12.5. The van der Waals surface area contributed by atoms with Crippen LogP contribution < -0.4 is 10.5 Å². The normalized spacial score (nSPS) is 13.1. The summed E-state index contributed by atoms with van der Waals surface area (Å²) in [6.45, 7) is 5.55. The Hall–Kier alpha value is -1.85. The molecule has 0 fully saturated rings. The van der Waals surface area contributed by atoms with Crippen LogP contribution >= 0.6 is 0 Å². The van der Waals surface area contributed by atoms with Gasteiger partial charge < -0.3 is 5.73 Å². The van der Waals surface area contributed by atoms with Crippen molar-refractivity contribution in [3.8, 4) is 0 Å². The Balaban J connectivity index is 2.31. The second-order valence-corrected chi connectivity index (χ2v) is 6.92. The Labute approximate surface area is 126 Å². The van der Waals surface area contributed by atoms with Gasteiger partial charge >= 0.3 is 0 Å². The van der Waals surface area contributed by atoms with Crippen LogP contribution in [0.15, 0.2) is 47.4 Å². The average Bonchev–Trinajstić information content (AvgIpc) is 2.44. The number of benzene rings is 2. The fraction of sp³-hybridized carbons (Fsp3) is 0.250. The summed E-state index contributed by atoms with van der Waals surface area (Å²) in [5.74, 6) is 0. The molecule has 5 heteroatoms. The summed E-state index contributed by atoms with van der Waals surface area (Å²) >= 11 is 0. The van der Waals surface area contributed by atoms with Gasteiger partial charge in [0, 0.05) is 11.7 Å². The molecule has 21 heavy (non-hydrogen) atoms. The Bertz CT molecular complexity index is 717. The number of hydrogen-bond acceptors (Lipinski definition) is 3. The van der Waals surface area contributed by atoms with Crippen molar-refractivity contribution >= 4 is 15.7 Å². The largest absolute Gasteiger partial charge is 0.398 e. The monoisotopic (exact) mass is 304 g/mol. The molecule has 4 nitrogen and oxygen atoms in total. The molecule has 112 valence electrons. The molecule has 0 amide bonds. The smallest absolute Gasteiger partial charge is 0.241 e. The van der Waals surface area contributed by atoms with E-state index in [-0.39, 0.29) is 10.9 Å². The van der Waals surface area contributed by atoms with Crippen LogP contribution in [0.5, 0.6) is 0 Å². The van der Waals surface area contributed by atoms with Gasteiger partial charge in [-0.05, 0) is 49.6 Å². The van der Waals surface area contributed by atoms with Crippen molar-refractivity contribution in [1.29, 1.82) is 0 Å². The van der Waals surface area contributed by atoms with Crippen molar-refractivity contribution < 1.29 is 8.42 Å². The van der Waals surface area contributed by atoms with E-state index in [2.05, 4.69) is 4.72 Å². The molecule has 0 heterocycles. The topological polar surface area (TPSA) is 72.2 Å². The van der Waals surface area contributed by atoms with E-state index in [0.717, 1.165) is 16.7 Å². The standard InChI is InChI=1S/C16H20N2O2S/c1-11-9-15(10-16(17)12(11)2)21(19,20)18-13(3)14-7-5-4-6-8-14/h4-10,13,18H,17H2,1-3H3/t13-/m1/s1. The Morgan fingerprint density at radius 1 is 1.10 bits per heavy atom. The van der Waals surface area contributed by atoms with E-state index >= 15 is 0 Å². The molecule has 3 N–H and O–H groups in total. The first-order valence-corrected chi connectivity index (χ1v) is 8.23. The van der Waals surface area contributed by atoms with Gasteiger partial charge in [0.15, 0.2) is 0 Å². The third-order valence-electron chi connectivity index (χ3n) is 3.62. The molecule has 0 saturated carbocycles. The maximum Gasteiger partial charge on any atom is 0.241 e. The molecule has 0 bridgehead atoms. The lowest BCUT2D eigenvalue weighted by molar-refractivity contribution is 0.567. The van der Waals surface area contributed by atoms with Crippen molar-refractivity contribution in [2.75, 3.05) is 5.73 Å². The fourth-order valence-corrected chi connectivity index (χ4v) is 3.47. The lowest BCUT2D eigenvalue weighted by atomic mass is 10.1. The van der Waals surface area contributed by atoms with E-state index in [1.165, 1.54) is 6.07 Å². The molecule has 2 aromatic rings. The number of sulfonamides is 1. The maximum atomic E-state index is 12.5. The molecule has 0 aromatic heterocycles. The summed E-state index contributed by atoms with van der Waals surface area (Å²) in [5.41, 5.74) is 9.04. The van der Waals surface area contributed by atoms with Gasteiger partial charge in [-0.15, -0.1) is 0 Å². The minimum atomic E-state index is -3.60. The number of nitrogens with one attached hydrogen (secondary N) is 1. The number of anilines is 1. The van der Waals surface area contributed by atoms with Crippen molar-refractivity contribution in [3.05, 3.63) is 59.2 Å². The van der Waals surface area contributed by atoms with Crippen LogP contribution in [0.3, 0.4) is 0 Å². The minimum absolute atomic E-state index is 0.200. The Morgan fingerprint density at radius 2 is 1.71 bits per heavy atom. The molecule has 0 spiro atoms. The lowest BCUT2D eigenvalue weighted by Gasteiger charge is -2.16. The number of aryl methyl sites for hydroxylation is 1. The van der Waals surface area contributed by atoms with E-state index in [1.807, 2.05) is 51.1 Å². The zero-order valence-corrected chi connectivity index (χ0v) is 13.2. The number of nitrogen functional groups attached to an aromatic ring is 1. The highest BCUT2D eigenvalue weighted by Gasteiger charge is 2.19. The van der Waals surface area contributed by atoms with Gasteiger partial charge in [-0.3, -0.25) is 0 Å². The van der Waals surface area contributed by atoms with E-state index in [4.69, 9.17) is 5.73 Å². The number of rotatable bonds is 4. The quantitative estimate of drug-likeness (QED) is 0.853. The van der Waals surface area contributed by atoms with Crippen LogP contribution in [-0.2, 0) is 10.0 Å². The van der Waals surface area contributed by atoms with Crippen LogP contribution in [0.4, 0.5) is 5.69 Å². The molecular weight excluding hydrogens is 284 g/mol. The highest BCUT2D eigenvalue weighted by atomic mass is 32.2. The molecule has 0 aliphatic carbocycles. The molecule has 0 radical (unpaired) electrons. The first-order chi connectivity index (χ1) is 9.81. The second kappa shape index (κ2) is 5.87. The van der Waals surface area contributed by atoms with Gasteiger partial charge in [0.05, 0.1) is 4.90 Å². The van der Waals surface area contributed by atoms with Gasteiger partial charge in [0.1, 0.15) is 0 Å². The first-order valence-electron chi connectivity index (χ1n) is 6.75. The van der Waals surface area contributed by atoms with E-state index in [1.54, 1.807) is 6.07 Å². The predicted molar refractivity (Wildman–Crippen MR) is 85.5 cm³/mol. The molecule has 2 rings (SSSR count). The van der Waals surface area contributed by atoms with Crippen molar-refractivity contribution in [1.82, 2.24) is 4.72 Å². The van der Waals surface area contributed by atoms with Gasteiger partial charge in [0.25, 0.3) is 0 Å². The third-order valence-corrected chi connectivity index (χ3v) is 5.14. The highest BCUT2D eigenvalue weighted by Crippen LogP contribution is 2.23. The van der Waals surface area contributed by atoms with E-state index < -0.39 is 10.0 Å². The lowest BCUT2D eigenvalue weighted by Crippen LogP contribution is -2.27. The van der Waals surface area contributed by atoms with Gasteiger partial charge in [0.2, 0.25) is 10.0 Å². The zero-order chi connectivity index (χ0) is 15.6. The number of hydrogen-bond donors (Lipinski definition) is 2. The van der Waals surface area contributed by atoms with Gasteiger partial charge in [-0.1, -0.05) is 30.3 Å². The van der Waals surface area contributed by atoms with Crippen LogP contribution in [0.25, 0.3) is 0 Å². The van der Waals surface area contributed by atoms with Crippen LogP contribution in [0, 0.1) is 13.8 Å². The summed E-state index contributed by atoms with van der Waals surface area (Å²) in [6, 6.07) is 12.3. The average molecular weight is 304 g/mol. The number of nitrogens with two attached hydrogens (primary N) is 1. The minimum Gasteiger partial charge on any atom is -0.398 e. The third kappa shape index (κ3) is 3.43. The molecule has 1 atom stereocenters. The molecule has 0 aliphatic heterocycles. The SMILES string of the molecule is Cc1cc(S(=O)(=O)N[C@H](C)c2ccccc2)cc(N)c1C. The molecular formula is C16H20N2O2S. The summed E-state index contributed by atoms with van der Waals surface area (Å²) in [6.07, 6.45) is 0. The van der Waals surface area contributed by atoms with Crippen molar-refractivity contribution in [3.63, 3.8) is 0 Å². The summed E-state index contributed by atoms with van der Waals surface area (Å²) in [4.78, 5) is 0.200. The van der Waals surface area contributed by atoms with E-state index in [9.17, 15) is 8.42 Å². The second-order valence-electron chi connectivity index (χ2n) is 5.21. The Morgan fingerprint density at radius 3 is 2.29 bits per heavy atom. The zero-order valence-electron chi connectivity index (χ0n) is 12.4. The molecule has 0 unspecified atom stereocenters. The summed E-state index contributed by atoms with van der Waals surface area (Å²) in [5, 5.41) is 0. The Kier molecular flexibility index (Phi) is 4.34. The fourth-order valence-electron chi connectivity index (χ4n) is 2.12. The van der Waals surface area contributed by atoms with Gasteiger partial charge in [-0.2, -0.15) is 0 Å². The summed E-state index contributed by atoms with van der Waals surface area (Å²) < 4.78 is 27.6. The van der Waals surface area contributed by atoms with Crippen LogP contribution in [-0.4, -0.2) is 8.42 Å². The van der Waals surface area contributed by atoms with E-state index in [0.29, 0.717) is 5.69 Å². The predicted octanol–water partition coefficient (Wildman–Crippen LogP) is 2.93. The van der Waals surface area contributed by atoms with Crippen LogP contribution in [0.1, 0.15) is 29.7 Å². The summed E-state index contributed by atoms with van der Waals surface area (Å²) in [7, 11) is -3.60. The molecule has 0 saturated heterocycles. The van der Waals surface area contributed by atoms with Crippen LogP contribution in [0.2, 0.25) is 0 Å².